The van der Waals surface area contributed by atoms with Crippen molar-refractivity contribution in [1.82, 2.24) is 4.90 Å². The Morgan fingerprint density at radius 1 is 1.17 bits per heavy atom. The summed E-state index contributed by atoms with van der Waals surface area (Å²) in [5.74, 6) is -0.676. The molecule has 94 valence electrons. The van der Waals surface area contributed by atoms with Gasteiger partial charge in [0.15, 0.2) is 5.78 Å². The summed E-state index contributed by atoms with van der Waals surface area (Å²) >= 11 is 0. The summed E-state index contributed by atoms with van der Waals surface area (Å²) in [7, 11) is 3.14. The number of carbonyl (C=O) groups excluding carboxylic acids is 2. The number of hydrogen-bond donors (Lipinski definition) is 0. The third-order valence-electron chi connectivity index (χ3n) is 2.18. The fourth-order valence-corrected chi connectivity index (χ4v) is 1.14. The molecule has 0 bridgehead atoms. The van der Waals surface area contributed by atoms with E-state index in [1.165, 1.54) is 29.2 Å². The molecule has 1 rings (SSSR count). The number of hydrogen-bond acceptors (Lipinski definition) is 4. The molecule has 0 aliphatic heterocycles. The Morgan fingerprint density at radius 3 is 2.17 bits per heavy atom. The van der Waals surface area contributed by atoms with Crippen LogP contribution in [-0.2, 0) is 4.79 Å². The highest BCUT2D eigenvalue weighted by molar-refractivity contribution is 6.07. The van der Waals surface area contributed by atoms with Gasteiger partial charge in [0.1, 0.15) is 0 Å². The first-order valence-corrected chi connectivity index (χ1v) is 5.10. The third kappa shape index (κ3) is 3.51. The number of amides is 1. The van der Waals surface area contributed by atoms with Crippen LogP contribution in [0.2, 0.25) is 0 Å². The predicted molar refractivity (Wildman–Crippen MR) is 65.3 cm³/mol. The van der Waals surface area contributed by atoms with Crippen LogP contribution >= 0.6 is 0 Å². The van der Waals surface area contributed by atoms with Gasteiger partial charge in [0.25, 0.3) is 5.69 Å². The Kier molecular flexibility index (Phi) is 4.31. The molecule has 1 amide bonds. The maximum atomic E-state index is 11.6. The Labute approximate surface area is 104 Å². The van der Waals surface area contributed by atoms with Crippen LogP contribution in [0.5, 0.6) is 0 Å². The van der Waals surface area contributed by atoms with Crippen molar-refractivity contribution in [3.8, 4) is 0 Å². The van der Waals surface area contributed by atoms with E-state index in [1.807, 2.05) is 0 Å². The molecule has 1 aromatic rings. The zero-order valence-corrected chi connectivity index (χ0v) is 9.99. The van der Waals surface area contributed by atoms with E-state index in [4.69, 9.17) is 0 Å². The van der Waals surface area contributed by atoms with E-state index in [0.717, 1.165) is 12.2 Å². The van der Waals surface area contributed by atoms with Crippen molar-refractivity contribution < 1.29 is 14.5 Å². The highest BCUT2D eigenvalue weighted by atomic mass is 16.6. The van der Waals surface area contributed by atoms with Crippen LogP contribution in [0.3, 0.4) is 0 Å². The van der Waals surface area contributed by atoms with Gasteiger partial charge in [-0.05, 0) is 18.2 Å². The molecule has 0 radical (unpaired) electrons. The fourth-order valence-electron chi connectivity index (χ4n) is 1.14. The van der Waals surface area contributed by atoms with Crippen molar-refractivity contribution in [3.63, 3.8) is 0 Å². The van der Waals surface area contributed by atoms with E-state index < -0.39 is 4.92 Å². The van der Waals surface area contributed by atoms with Crippen LogP contribution in [0, 0.1) is 10.1 Å². The summed E-state index contributed by atoms with van der Waals surface area (Å²) < 4.78 is 0. The van der Waals surface area contributed by atoms with Crippen molar-refractivity contribution in [2.75, 3.05) is 14.1 Å². The lowest BCUT2D eigenvalue weighted by Crippen LogP contribution is -2.19. The normalized spacial score (nSPS) is 10.3. The molecule has 0 saturated heterocycles. The molecule has 6 nitrogen and oxygen atoms in total. The number of allylic oxidation sites excluding steroid dienone is 1. The van der Waals surface area contributed by atoms with E-state index in [0.29, 0.717) is 5.56 Å². The smallest absolute Gasteiger partial charge is 0.269 e. The van der Waals surface area contributed by atoms with Gasteiger partial charge < -0.3 is 4.90 Å². The summed E-state index contributed by atoms with van der Waals surface area (Å²) in [4.78, 5) is 34.1. The molecule has 0 atom stereocenters. The van der Waals surface area contributed by atoms with Gasteiger partial charge in [0, 0.05) is 37.9 Å². The molecule has 0 spiro atoms. The minimum Gasteiger partial charge on any atom is -0.345 e. The van der Waals surface area contributed by atoms with Crippen LogP contribution in [0.4, 0.5) is 5.69 Å². The first-order chi connectivity index (χ1) is 8.41. The Morgan fingerprint density at radius 2 is 1.72 bits per heavy atom. The van der Waals surface area contributed by atoms with E-state index in [1.54, 1.807) is 14.1 Å². The molecule has 0 fully saturated rings. The summed E-state index contributed by atoms with van der Waals surface area (Å²) in [6.07, 6.45) is 2.30. The Balaban J connectivity index is 2.79. The Bertz CT molecular complexity index is 503. The van der Waals surface area contributed by atoms with Crippen molar-refractivity contribution in [1.29, 1.82) is 0 Å². The molecule has 0 heterocycles. The highest BCUT2D eigenvalue weighted by Gasteiger charge is 2.07. The topological polar surface area (TPSA) is 80.5 Å². The SMILES string of the molecule is CN(C)C(=O)/C=C/C(=O)c1ccc([N+](=O)[O-])cc1. The van der Waals surface area contributed by atoms with Gasteiger partial charge >= 0.3 is 0 Å². The zero-order chi connectivity index (χ0) is 13.7. The lowest BCUT2D eigenvalue weighted by molar-refractivity contribution is -0.384. The number of nitrogens with zero attached hydrogens (tertiary/aromatic N) is 2. The number of non-ortho nitro benzene ring substituents is 1. The lowest BCUT2D eigenvalue weighted by Gasteiger charge is -2.04. The van der Waals surface area contributed by atoms with Gasteiger partial charge in [-0.25, -0.2) is 0 Å². The Hall–Kier alpha value is -2.50. The molecule has 0 aliphatic rings. The maximum Gasteiger partial charge on any atom is 0.269 e. The van der Waals surface area contributed by atoms with Gasteiger partial charge in [0.2, 0.25) is 5.91 Å². The molecule has 6 heteroatoms. The maximum absolute atomic E-state index is 11.6. The van der Waals surface area contributed by atoms with E-state index in [-0.39, 0.29) is 17.4 Å². The van der Waals surface area contributed by atoms with Gasteiger partial charge in [-0.2, -0.15) is 0 Å². The summed E-state index contributed by atoms with van der Waals surface area (Å²) in [5, 5.41) is 10.4. The first-order valence-electron chi connectivity index (χ1n) is 5.10. The number of ketones is 1. The van der Waals surface area contributed by atoms with E-state index in [9.17, 15) is 19.7 Å². The van der Waals surface area contributed by atoms with E-state index >= 15 is 0 Å². The number of carbonyl (C=O) groups is 2. The second kappa shape index (κ2) is 5.72. The van der Waals surface area contributed by atoms with Gasteiger partial charge in [-0.1, -0.05) is 0 Å². The molecule has 0 aliphatic carbocycles. The highest BCUT2D eigenvalue weighted by Crippen LogP contribution is 2.12. The summed E-state index contributed by atoms with van der Waals surface area (Å²) in [6, 6.07) is 5.19. The molecule has 18 heavy (non-hydrogen) atoms. The monoisotopic (exact) mass is 248 g/mol. The molecular weight excluding hydrogens is 236 g/mol. The van der Waals surface area contributed by atoms with Gasteiger partial charge in [0.05, 0.1) is 4.92 Å². The molecule has 0 aromatic heterocycles. The number of nitro benzene ring substituents is 1. The largest absolute Gasteiger partial charge is 0.345 e. The van der Waals surface area contributed by atoms with Gasteiger partial charge in [-0.15, -0.1) is 0 Å². The standard InChI is InChI=1S/C12H12N2O4/c1-13(2)12(16)8-7-11(15)9-3-5-10(6-4-9)14(17)18/h3-8H,1-2H3/b8-7+. The van der Waals surface area contributed by atoms with Crippen LogP contribution in [0.1, 0.15) is 10.4 Å². The first kappa shape index (κ1) is 13.6. The third-order valence-corrected chi connectivity index (χ3v) is 2.18. The quantitative estimate of drug-likeness (QED) is 0.349. The minimum absolute atomic E-state index is 0.0834. The molecule has 0 saturated carbocycles. The fraction of sp³-hybridized carbons (Fsp3) is 0.167. The number of nitro groups is 1. The predicted octanol–water partition coefficient (Wildman–Crippen LogP) is 1.42. The molecule has 0 unspecified atom stereocenters. The van der Waals surface area contributed by atoms with E-state index in [2.05, 4.69) is 0 Å². The van der Waals surface area contributed by atoms with Crippen LogP contribution in [0.25, 0.3) is 0 Å². The van der Waals surface area contributed by atoms with Crippen LogP contribution in [-0.4, -0.2) is 35.6 Å². The molecular formula is C12H12N2O4. The summed E-state index contributed by atoms with van der Waals surface area (Å²) in [5.41, 5.74) is 0.211. The average molecular weight is 248 g/mol. The average Bonchev–Trinajstić information content (AvgIpc) is 2.35. The number of likely N-dealkylation sites (N-methyl/N-ethyl adjacent to an activating group) is 1. The number of rotatable bonds is 4. The van der Waals surface area contributed by atoms with Crippen molar-refractivity contribution in [2.45, 2.75) is 0 Å². The van der Waals surface area contributed by atoms with Crippen LogP contribution in [0.15, 0.2) is 36.4 Å². The van der Waals surface area contributed by atoms with Crippen molar-refractivity contribution in [3.05, 3.63) is 52.1 Å². The van der Waals surface area contributed by atoms with Gasteiger partial charge in [-0.3, -0.25) is 19.7 Å². The zero-order valence-electron chi connectivity index (χ0n) is 9.99. The second-order valence-corrected chi connectivity index (χ2v) is 3.73. The number of benzene rings is 1. The van der Waals surface area contributed by atoms with Crippen molar-refractivity contribution >= 4 is 17.4 Å². The second-order valence-electron chi connectivity index (χ2n) is 3.73. The summed E-state index contributed by atoms with van der Waals surface area (Å²) in [6.45, 7) is 0. The lowest BCUT2D eigenvalue weighted by atomic mass is 10.1. The van der Waals surface area contributed by atoms with Crippen LogP contribution < -0.4 is 0 Å². The molecule has 1 aromatic carbocycles. The van der Waals surface area contributed by atoms with Crippen molar-refractivity contribution in [2.24, 2.45) is 0 Å². The molecule has 0 N–H and O–H groups in total. The minimum atomic E-state index is -0.542.